The lowest BCUT2D eigenvalue weighted by Crippen LogP contribution is -2.25. The molecule has 1 aliphatic rings. The van der Waals surface area contributed by atoms with Crippen LogP contribution in [0.2, 0.25) is 0 Å². The van der Waals surface area contributed by atoms with Gasteiger partial charge in [-0.3, -0.25) is 9.98 Å². The van der Waals surface area contributed by atoms with E-state index in [0.29, 0.717) is 0 Å². The number of pyridine rings is 1. The second-order valence-electron chi connectivity index (χ2n) is 3.89. The molecule has 0 fully saturated rings. The van der Waals surface area contributed by atoms with Crippen LogP contribution >= 0.6 is 0 Å². The van der Waals surface area contributed by atoms with Crippen LogP contribution in [0, 0.1) is 6.92 Å². The number of amidine groups is 1. The minimum Gasteiger partial charge on any atom is -0.265 e. The van der Waals surface area contributed by atoms with Gasteiger partial charge in [0.1, 0.15) is 5.69 Å². The summed E-state index contributed by atoms with van der Waals surface area (Å²) in [4.78, 5) is 8.91. The van der Waals surface area contributed by atoms with Gasteiger partial charge in [-0.05, 0) is 31.4 Å². The summed E-state index contributed by atoms with van der Waals surface area (Å²) in [7, 11) is 1.90. The summed E-state index contributed by atoms with van der Waals surface area (Å²) in [6.45, 7) is 2.86. The Labute approximate surface area is 95.7 Å². The van der Waals surface area contributed by atoms with E-state index in [1.165, 1.54) is 0 Å². The van der Waals surface area contributed by atoms with Crippen LogP contribution in [0.4, 0.5) is 0 Å². The van der Waals surface area contributed by atoms with E-state index in [9.17, 15) is 0 Å². The molecule has 2 heterocycles. The quantitative estimate of drug-likeness (QED) is 0.718. The standard InChI is InChI=1S/C12H16N4/c1-10-5-6-11(14-9-10)12-13-7-3-4-8-15-16(12)2/h5-6,8-9H,3-4,7H2,1-2H3. The van der Waals surface area contributed by atoms with E-state index < -0.39 is 0 Å². The molecule has 1 aromatic rings. The van der Waals surface area contributed by atoms with Crippen LogP contribution in [0.5, 0.6) is 0 Å². The molecule has 84 valence electrons. The monoisotopic (exact) mass is 216 g/mol. The Bertz CT molecular complexity index is 406. The maximum absolute atomic E-state index is 4.53. The Morgan fingerprint density at radius 1 is 1.31 bits per heavy atom. The second-order valence-corrected chi connectivity index (χ2v) is 3.89. The third-order valence-electron chi connectivity index (χ3n) is 2.45. The van der Waals surface area contributed by atoms with Crippen molar-refractivity contribution in [3.8, 4) is 0 Å². The number of aromatic nitrogens is 1. The van der Waals surface area contributed by atoms with Gasteiger partial charge in [-0.2, -0.15) is 5.10 Å². The van der Waals surface area contributed by atoms with Gasteiger partial charge in [0.15, 0.2) is 5.84 Å². The summed E-state index contributed by atoms with van der Waals surface area (Å²) in [5.74, 6) is 0.843. The molecule has 0 bridgehead atoms. The smallest absolute Gasteiger partial charge is 0.170 e. The molecule has 0 aliphatic carbocycles. The molecule has 4 heteroatoms. The number of aryl methyl sites for hydroxylation is 1. The number of rotatable bonds is 1. The summed E-state index contributed by atoms with van der Waals surface area (Å²) < 4.78 is 0. The fraction of sp³-hybridized carbons (Fsp3) is 0.417. The predicted octanol–water partition coefficient (Wildman–Crippen LogP) is 1.85. The van der Waals surface area contributed by atoms with Crippen molar-refractivity contribution in [3.63, 3.8) is 0 Å². The van der Waals surface area contributed by atoms with Crippen LogP contribution in [0.1, 0.15) is 24.1 Å². The maximum Gasteiger partial charge on any atom is 0.170 e. The van der Waals surface area contributed by atoms with Crippen molar-refractivity contribution in [3.05, 3.63) is 29.6 Å². The third-order valence-corrected chi connectivity index (χ3v) is 2.45. The van der Waals surface area contributed by atoms with Crippen molar-refractivity contribution in [2.24, 2.45) is 10.1 Å². The van der Waals surface area contributed by atoms with Crippen LogP contribution < -0.4 is 0 Å². The Morgan fingerprint density at radius 3 is 2.94 bits per heavy atom. The van der Waals surface area contributed by atoms with E-state index in [0.717, 1.165) is 36.5 Å². The van der Waals surface area contributed by atoms with Crippen LogP contribution in [-0.4, -0.2) is 35.6 Å². The molecule has 16 heavy (non-hydrogen) atoms. The largest absolute Gasteiger partial charge is 0.265 e. The van der Waals surface area contributed by atoms with Gasteiger partial charge in [-0.1, -0.05) is 6.07 Å². The summed E-state index contributed by atoms with van der Waals surface area (Å²) in [6, 6.07) is 4.03. The third kappa shape index (κ3) is 2.45. The van der Waals surface area contributed by atoms with Gasteiger partial charge in [0, 0.05) is 26.0 Å². The van der Waals surface area contributed by atoms with E-state index in [4.69, 9.17) is 0 Å². The fourth-order valence-electron chi connectivity index (χ4n) is 1.55. The van der Waals surface area contributed by atoms with E-state index >= 15 is 0 Å². The molecular weight excluding hydrogens is 200 g/mol. The van der Waals surface area contributed by atoms with Crippen molar-refractivity contribution >= 4 is 12.1 Å². The van der Waals surface area contributed by atoms with Crippen LogP contribution in [-0.2, 0) is 0 Å². The minimum atomic E-state index is 0.835. The zero-order valence-corrected chi connectivity index (χ0v) is 9.72. The molecule has 0 aromatic carbocycles. The summed E-state index contributed by atoms with van der Waals surface area (Å²) in [5, 5.41) is 6.09. The van der Waals surface area contributed by atoms with E-state index in [-0.39, 0.29) is 0 Å². The molecule has 4 nitrogen and oxygen atoms in total. The Kier molecular flexibility index (Phi) is 3.29. The van der Waals surface area contributed by atoms with Crippen LogP contribution in [0.25, 0.3) is 0 Å². The highest BCUT2D eigenvalue weighted by Gasteiger charge is 2.10. The highest BCUT2D eigenvalue weighted by Crippen LogP contribution is 2.06. The van der Waals surface area contributed by atoms with E-state index in [2.05, 4.69) is 15.1 Å². The maximum atomic E-state index is 4.53. The average molecular weight is 216 g/mol. The molecule has 1 aromatic heterocycles. The van der Waals surface area contributed by atoms with Gasteiger partial charge in [0.05, 0.1) is 0 Å². The number of hydrazone groups is 1. The number of hydrogen-bond donors (Lipinski definition) is 0. The molecule has 0 saturated carbocycles. The average Bonchev–Trinajstić information content (AvgIpc) is 2.26. The minimum absolute atomic E-state index is 0.835. The summed E-state index contributed by atoms with van der Waals surface area (Å²) >= 11 is 0. The first-order valence-electron chi connectivity index (χ1n) is 5.51. The highest BCUT2D eigenvalue weighted by atomic mass is 15.5. The first-order chi connectivity index (χ1) is 7.77. The van der Waals surface area contributed by atoms with Crippen LogP contribution in [0.15, 0.2) is 28.4 Å². The van der Waals surface area contributed by atoms with E-state index in [1.54, 1.807) is 5.01 Å². The zero-order chi connectivity index (χ0) is 11.4. The van der Waals surface area contributed by atoms with Gasteiger partial charge in [0.2, 0.25) is 0 Å². The Balaban J connectivity index is 2.29. The fourth-order valence-corrected chi connectivity index (χ4v) is 1.55. The molecule has 0 saturated heterocycles. The predicted molar refractivity (Wildman–Crippen MR) is 65.9 cm³/mol. The summed E-state index contributed by atoms with van der Waals surface area (Å²) in [6.07, 6.45) is 5.83. The number of hydrogen-bond acceptors (Lipinski definition) is 4. The molecule has 0 unspecified atom stereocenters. The lowest BCUT2D eigenvalue weighted by molar-refractivity contribution is 0.535. The Morgan fingerprint density at radius 2 is 2.19 bits per heavy atom. The van der Waals surface area contributed by atoms with Gasteiger partial charge in [0.25, 0.3) is 0 Å². The van der Waals surface area contributed by atoms with Gasteiger partial charge in [-0.25, -0.2) is 5.01 Å². The van der Waals surface area contributed by atoms with Gasteiger partial charge >= 0.3 is 0 Å². The van der Waals surface area contributed by atoms with Crippen molar-refractivity contribution in [2.45, 2.75) is 19.8 Å². The van der Waals surface area contributed by atoms with Crippen molar-refractivity contribution < 1.29 is 0 Å². The van der Waals surface area contributed by atoms with Gasteiger partial charge in [-0.15, -0.1) is 0 Å². The highest BCUT2D eigenvalue weighted by molar-refractivity contribution is 5.97. The Hall–Kier alpha value is -1.71. The summed E-state index contributed by atoms with van der Waals surface area (Å²) in [5.41, 5.74) is 2.04. The molecule has 0 radical (unpaired) electrons. The molecule has 0 spiro atoms. The van der Waals surface area contributed by atoms with Crippen molar-refractivity contribution in [2.75, 3.05) is 13.6 Å². The molecule has 0 N–H and O–H groups in total. The number of nitrogens with zero attached hydrogens (tertiary/aromatic N) is 4. The van der Waals surface area contributed by atoms with Crippen molar-refractivity contribution in [1.29, 1.82) is 0 Å². The molecular formula is C12H16N4. The lowest BCUT2D eigenvalue weighted by atomic mass is 10.2. The molecule has 0 atom stereocenters. The lowest BCUT2D eigenvalue weighted by Gasteiger charge is -2.17. The first-order valence-corrected chi connectivity index (χ1v) is 5.51. The first kappa shape index (κ1) is 10.8. The molecule has 1 aliphatic heterocycles. The molecule has 2 rings (SSSR count). The van der Waals surface area contributed by atoms with E-state index in [1.807, 2.05) is 38.5 Å². The topological polar surface area (TPSA) is 40.9 Å². The normalized spacial score (nSPS) is 16.6. The number of aliphatic imine (C=N–C) groups is 1. The zero-order valence-electron chi connectivity index (χ0n) is 9.72. The van der Waals surface area contributed by atoms with Crippen molar-refractivity contribution in [1.82, 2.24) is 9.99 Å². The van der Waals surface area contributed by atoms with Crippen LogP contribution in [0.3, 0.4) is 0 Å². The van der Waals surface area contributed by atoms with Gasteiger partial charge < -0.3 is 0 Å². The SMILES string of the molecule is Cc1ccc(C2=NCCCC=NN2C)nc1. The second kappa shape index (κ2) is 4.88. The molecule has 0 amide bonds.